The van der Waals surface area contributed by atoms with Crippen molar-refractivity contribution < 1.29 is 14.2 Å². The molecular formula is C15H24FNO2. The highest BCUT2D eigenvalue weighted by molar-refractivity contribution is 5.32. The molecule has 2 N–H and O–H groups in total. The highest BCUT2D eigenvalue weighted by Crippen LogP contribution is 2.22. The van der Waals surface area contributed by atoms with Crippen LogP contribution in [0.2, 0.25) is 0 Å². The van der Waals surface area contributed by atoms with E-state index in [1.807, 2.05) is 27.7 Å². The van der Waals surface area contributed by atoms with Crippen molar-refractivity contribution in [3.8, 4) is 5.75 Å². The van der Waals surface area contributed by atoms with Crippen molar-refractivity contribution >= 4 is 0 Å². The number of hydrogen-bond acceptors (Lipinski definition) is 3. The van der Waals surface area contributed by atoms with Gasteiger partial charge in [-0.1, -0.05) is 6.92 Å². The quantitative estimate of drug-likeness (QED) is 0.799. The molecule has 1 aromatic rings. The summed E-state index contributed by atoms with van der Waals surface area (Å²) in [4.78, 5) is 0. The molecule has 0 saturated carbocycles. The Hall–Kier alpha value is -1.13. The molecule has 19 heavy (non-hydrogen) atoms. The van der Waals surface area contributed by atoms with Crippen molar-refractivity contribution in [2.75, 3.05) is 13.2 Å². The van der Waals surface area contributed by atoms with Gasteiger partial charge in [0.05, 0.1) is 12.7 Å². The molecule has 0 radical (unpaired) electrons. The Bertz CT molecular complexity index is 411. The molecule has 2 unspecified atom stereocenters. The van der Waals surface area contributed by atoms with Gasteiger partial charge in [0.2, 0.25) is 0 Å². The lowest BCUT2D eigenvalue weighted by Crippen LogP contribution is -2.48. The van der Waals surface area contributed by atoms with Gasteiger partial charge in [0.25, 0.3) is 0 Å². The number of benzene rings is 1. The Kier molecular flexibility index (Phi) is 5.76. The molecule has 0 spiro atoms. The third-order valence-corrected chi connectivity index (χ3v) is 3.16. The van der Waals surface area contributed by atoms with Crippen molar-refractivity contribution in [3.05, 3.63) is 29.6 Å². The molecule has 0 aliphatic heterocycles. The molecule has 3 nitrogen and oxygen atoms in total. The highest BCUT2D eigenvalue weighted by atomic mass is 19.1. The van der Waals surface area contributed by atoms with Gasteiger partial charge in [-0.3, -0.25) is 0 Å². The molecule has 4 heteroatoms. The maximum Gasteiger partial charge on any atom is 0.123 e. The van der Waals surface area contributed by atoms with Crippen LogP contribution >= 0.6 is 0 Å². The van der Waals surface area contributed by atoms with Crippen LogP contribution < -0.4 is 10.1 Å². The maximum absolute atomic E-state index is 13.0. The summed E-state index contributed by atoms with van der Waals surface area (Å²) in [5.74, 6) is 0.427. The van der Waals surface area contributed by atoms with Gasteiger partial charge in [0.15, 0.2) is 0 Å². The molecule has 2 atom stereocenters. The smallest absolute Gasteiger partial charge is 0.123 e. The molecule has 108 valence electrons. The number of likely N-dealkylation sites (N-methyl/N-ethyl adjacent to an activating group) is 1. The molecule has 1 aromatic carbocycles. The number of nitrogens with one attached hydrogen (secondary N) is 1. The number of aliphatic hydroxyl groups is 1. The van der Waals surface area contributed by atoms with Crippen LogP contribution in [-0.2, 0) is 0 Å². The summed E-state index contributed by atoms with van der Waals surface area (Å²) >= 11 is 0. The van der Waals surface area contributed by atoms with E-state index in [2.05, 4.69) is 5.32 Å². The first-order chi connectivity index (χ1) is 8.90. The zero-order valence-corrected chi connectivity index (χ0v) is 12.2. The maximum atomic E-state index is 13.0. The third kappa shape index (κ3) is 4.80. The normalized spacial score (nSPS) is 15.9. The molecule has 0 aliphatic rings. The van der Waals surface area contributed by atoms with Gasteiger partial charge in [0, 0.05) is 12.0 Å². The number of aryl methyl sites for hydroxylation is 1. The third-order valence-electron chi connectivity index (χ3n) is 3.16. The summed E-state index contributed by atoms with van der Waals surface area (Å²) in [5.41, 5.74) is 0.420. The SMILES string of the molecule is CCNC(C)(CO)CC(C)Oc1ccc(F)cc1C. The number of rotatable bonds is 7. The van der Waals surface area contributed by atoms with E-state index in [0.29, 0.717) is 12.2 Å². The largest absolute Gasteiger partial charge is 0.490 e. The first-order valence-corrected chi connectivity index (χ1v) is 6.69. The van der Waals surface area contributed by atoms with E-state index in [4.69, 9.17) is 4.74 Å². The zero-order chi connectivity index (χ0) is 14.5. The molecule has 0 fully saturated rings. The van der Waals surface area contributed by atoms with Crippen LogP contribution in [0.25, 0.3) is 0 Å². The van der Waals surface area contributed by atoms with Crippen LogP contribution in [0.5, 0.6) is 5.75 Å². The molecule has 1 rings (SSSR count). The van der Waals surface area contributed by atoms with Gasteiger partial charge in [-0.15, -0.1) is 0 Å². The molecule has 0 bridgehead atoms. The van der Waals surface area contributed by atoms with Crippen LogP contribution in [-0.4, -0.2) is 29.9 Å². The molecule has 0 saturated heterocycles. The Balaban J connectivity index is 2.66. The molecule has 0 heterocycles. The first-order valence-electron chi connectivity index (χ1n) is 6.69. The van der Waals surface area contributed by atoms with Gasteiger partial charge >= 0.3 is 0 Å². The molecule has 0 amide bonds. The minimum atomic E-state index is -0.359. The summed E-state index contributed by atoms with van der Waals surface area (Å²) < 4.78 is 18.8. The van der Waals surface area contributed by atoms with Crippen LogP contribution in [0.1, 0.15) is 32.8 Å². The molecule has 0 aromatic heterocycles. The second kappa shape index (κ2) is 6.87. The average molecular weight is 269 g/mol. The van der Waals surface area contributed by atoms with E-state index >= 15 is 0 Å². The fourth-order valence-corrected chi connectivity index (χ4v) is 2.26. The lowest BCUT2D eigenvalue weighted by Gasteiger charge is -2.31. The van der Waals surface area contributed by atoms with Crippen molar-refractivity contribution in [1.82, 2.24) is 5.32 Å². The van der Waals surface area contributed by atoms with Crippen LogP contribution in [0.4, 0.5) is 4.39 Å². The Morgan fingerprint density at radius 2 is 2.16 bits per heavy atom. The lowest BCUT2D eigenvalue weighted by molar-refractivity contribution is 0.111. The zero-order valence-electron chi connectivity index (χ0n) is 12.2. The Morgan fingerprint density at radius 1 is 1.47 bits per heavy atom. The van der Waals surface area contributed by atoms with Gasteiger partial charge in [-0.05, 0) is 51.1 Å². The second-order valence-electron chi connectivity index (χ2n) is 5.29. The van der Waals surface area contributed by atoms with Gasteiger partial charge in [-0.25, -0.2) is 4.39 Å². The Morgan fingerprint density at radius 3 is 2.68 bits per heavy atom. The van der Waals surface area contributed by atoms with Crippen molar-refractivity contribution in [1.29, 1.82) is 0 Å². The monoisotopic (exact) mass is 269 g/mol. The standard InChI is InChI=1S/C15H24FNO2/c1-5-17-15(4,10-18)9-12(3)19-14-7-6-13(16)8-11(14)2/h6-8,12,17-18H,5,9-10H2,1-4H3. The molecule has 0 aliphatic carbocycles. The predicted octanol–water partition coefficient (Wildman–Crippen LogP) is 2.65. The van der Waals surface area contributed by atoms with Gasteiger partial charge in [-0.2, -0.15) is 0 Å². The van der Waals surface area contributed by atoms with Crippen molar-refractivity contribution in [2.45, 2.75) is 45.8 Å². The Labute approximate surface area is 114 Å². The number of halogens is 1. The van der Waals surface area contributed by atoms with E-state index in [1.165, 1.54) is 12.1 Å². The van der Waals surface area contributed by atoms with Crippen LogP contribution in [0.3, 0.4) is 0 Å². The van der Waals surface area contributed by atoms with E-state index < -0.39 is 0 Å². The second-order valence-corrected chi connectivity index (χ2v) is 5.29. The topological polar surface area (TPSA) is 41.5 Å². The fourth-order valence-electron chi connectivity index (χ4n) is 2.26. The number of aliphatic hydroxyl groups excluding tert-OH is 1. The number of hydrogen-bond donors (Lipinski definition) is 2. The summed E-state index contributed by atoms with van der Waals surface area (Å²) in [6.07, 6.45) is 0.606. The lowest BCUT2D eigenvalue weighted by atomic mass is 9.95. The summed E-state index contributed by atoms with van der Waals surface area (Å²) in [6, 6.07) is 4.49. The van der Waals surface area contributed by atoms with E-state index in [-0.39, 0.29) is 24.1 Å². The van der Waals surface area contributed by atoms with Gasteiger partial charge < -0.3 is 15.2 Å². The van der Waals surface area contributed by atoms with Crippen molar-refractivity contribution in [3.63, 3.8) is 0 Å². The summed E-state index contributed by atoms with van der Waals surface area (Å²) in [7, 11) is 0. The summed E-state index contributed by atoms with van der Waals surface area (Å²) in [6.45, 7) is 8.59. The van der Waals surface area contributed by atoms with Gasteiger partial charge in [0.1, 0.15) is 11.6 Å². The average Bonchev–Trinajstić information content (AvgIpc) is 2.33. The first kappa shape index (κ1) is 15.9. The van der Waals surface area contributed by atoms with E-state index in [1.54, 1.807) is 6.07 Å². The van der Waals surface area contributed by atoms with E-state index in [0.717, 1.165) is 12.1 Å². The molecular weight excluding hydrogens is 245 g/mol. The number of ether oxygens (including phenoxy) is 1. The van der Waals surface area contributed by atoms with Crippen LogP contribution in [0.15, 0.2) is 18.2 Å². The van der Waals surface area contributed by atoms with Crippen LogP contribution in [0, 0.1) is 12.7 Å². The minimum absolute atomic E-state index is 0.0525. The minimum Gasteiger partial charge on any atom is -0.490 e. The van der Waals surface area contributed by atoms with E-state index in [9.17, 15) is 9.50 Å². The predicted molar refractivity (Wildman–Crippen MR) is 75.0 cm³/mol. The highest BCUT2D eigenvalue weighted by Gasteiger charge is 2.25. The van der Waals surface area contributed by atoms with Crippen molar-refractivity contribution in [2.24, 2.45) is 0 Å². The summed E-state index contributed by atoms with van der Waals surface area (Å²) in [5, 5.41) is 12.7. The fraction of sp³-hybridized carbons (Fsp3) is 0.600.